The molecule has 0 aliphatic carbocycles. The first-order valence-electron chi connectivity index (χ1n) is 7.09. The molecule has 1 aromatic carbocycles. The van der Waals surface area contributed by atoms with Gasteiger partial charge in [-0.2, -0.15) is 0 Å². The summed E-state index contributed by atoms with van der Waals surface area (Å²) in [4.78, 5) is 24.2. The van der Waals surface area contributed by atoms with Crippen molar-refractivity contribution in [1.29, 1.82) is 0 Å². The number of benzene rings is 1. The molecule has 0 aliphatic rings. The van der Waals surface area contributed by atoms with Crippen molar-refractivity contribution < 1.29 is 14.0 Å². The summed E-state index contributed by atoms with van der Waals surface area (Å²) in [6.45, 7) is 3.49. The topological polar surface area (TPSA) is 97.4 Å². The molecule has 1 aromatic heterocycles. The molecule has 0 spiro atoms. The summed E-state index contributed by atoms with van der Waals surface area (Å²) in [7, 11) is 0. The number of furan rings is 1. The van der Waals surface area contributed by atoms with E-state index < -0.39 is 5.91 Å². The maximum absolute atomic E-state index is 12.2. The molecule has 0 radical (unpaired) electrons. The first kappa shape index (κ1) is 20.0. The predicted octanol–water partition coefficient (Wildman–Crippen LogP) is 3.53. The molecule has 0 saturated carbocycles. The second-order valence-electron chi connectivity index (χ2n) is 5.26. The van der Waals surface area contributed by atoms with Gasteiger partial charge < -0.3 is 20.8 Å². The van der Waals surface area contributed by atoms with Crippen LogP contribution in [-0.2, 0) is 4.79 Å². The molecule has 0 saturated heterocycles. The number of carbonyl (C=O) groups is 2. The third-order valence-corrected chi connectivity index (χ3v) is 3.67. The van der Waals surface area contributed by atoms with Gasteiger partial charge in [-0.05, 0) is 37.3 Å². The van der Waals surface area contributed by atoms with Crippen molar-refractivity contribution >= 4 is 47.2 Å². The van der Waals surface area contributed by atoms with Gasteiger partial charge in [-0.25, -0.2) is 0 Å². The molecule has 0 aliphatic heterocycles. The summed E-state index contributed by atoms with van der Waals surface area (Å²) >= 11 is 5.97. The van der Waals surface area contributed by atoms with Gasteiger partial charge in [0.2, 0.25) is 5.91 Å². The lowest BCUT2D eigenvalue weighted by molar-refractivity contribution is -0.119. The van der Waals surface area contributed by atoms with Gasteiger partial charge in [0.05, 0.1) is 23.6 Å². The van der Waals surface area contributed by atoms with E-state index in [-0.39, 0.29) is 36.0 Å². The van der Waals surface area contributed by atoms with Crippen LogP contribution in [0.15, 0.2) is 41.0 Å². The fourth-order valence-corrected chi connectivity index (χ4v) is 1.98. The maximum atomic E-state index is 12.2. The first-order chi connectivity index (χ1) is 10.9. The van der Waals surface area contributed by atoms with E-state index in [2.05, 4.69) is 10.6 Å². The standard InChI is InChI=1S/C16H18ClN3O3.ClH/c1-9(10(2)18)15(21)19-12-6-5-11(17)8-13(12)20-16(22)14-4-3-7-23-14;/h3-10H,18H2,1-2H3,(H,19,21)(H,20,22);1H. The van der Waals surface area contributed by atoms with Crippen LogP contribution in [0.3, 0.4) is 0 Å². The van der Waals surface area contributed by atoms with E-state index in [9.17, 15) is 9.59 Å². The monoisotopic (exact) mass is 371 g/mol. The fourth-order valence-electron chi connectivity index (χ4n) is 1.81. The van der Waals surface area contributed by atoms with Crippen LogP contribution < -0.4 is 16.4 Å². The molecule has 0 fully saturated rings. The highest BCUT2D eigenvalue weighted by Crippen LogP contribution is 2.27. The van der Waals surface area contributed by atoms with E-state index in [1.165, 1.54) is 12.3 Å². The minimum absolute atomic E-state index is 0. The van der Waals surface area contributed by atoms with Gasteiger partial charge in [-0.3, -0.25) is 9.59 Å². The van der Waals surface area contributed by atoms with Crippen LogP contribution in [0, 0.1) is 5.92 Å². The Morgan fingerprint density at radius 3 is 2.46 bits per heavy atom. The Labute approximate surface area is 151 Å². The molecular weight excluding hydrogens is 353 g/mol. The van der Waals surface area contributed by atoms with Gasteiger partial charge in [-0.15, -0.1) is 12.4 Å². The van der Waals surface area contributed by atoms with Gasteiger partial charge in [-0.1, -0.05) is 18.5 Å². The zero-order valence-electron chi connectivity index (χ0n) is 13.2. The number of halogens is 2. The highest BCUT2D eigenvalue weighted by Gasteiger charge is 2.19. The SMILES string of the molecule is CC(N)C(C)C(=O)Nc1ccc(Cl)cc1NC(=O)c1ccco1.Cl. The molecular formula is C16H19Cl2N3O3. The smallest absolute Gasteiger partial charge is 0.291 e. The number of rotatable bonds is 5. The minimum atomic E-state index is -0.437. The van der Waals surface area contributed by atoms with E-state index in [0.717, 1.165) is 0 Å². The number of nitrogens with two attached hydrogens (primary N) is 1. The summed E-state index contributed by atoms with van der Waals surface area (Å²) < 4.78 is 5.04. The summed E-state index contributed by atoms with van der Waals surface area (Å²) in [5, 5.41) is 5.84. The third kappa shape index (κ3) is 4.99. The van der Waals surface area contributed by atoms with E-state index in [1.807, 2.05) is 0 Å². The van der Waals surface area contributed by atoms with Crippen LogP contribution in [0.25, 0.3) is 0 Å². The molecule has 2 rings (SSSR count). The van der Waals surface area contributed by atoms with Gasteiger partial charge >= 0.3 is 0 Å². The molecule has 0 bridgehead atoms. The number of hydrogen-bond donors (Lipinski definition) is 3. The second-order valence-corrected chi connectivity index (χ2v) is 5.69. The average Bonchev–Trinajstić information content (AvgIpc) is 3.03. The van der Waals surface area contributed by atoms with Crippen LogP contribution in [-0.4, -0.2) is 17.9 Å². The van der Waals surface area contributed by atoms with Gasteiger partial charge in [0.25, 0.3) is 5.91 Å². The van der Waals surface area contributed by atoms with Crippen LogP contribution in [0.2, 0.25) is 5.02 Å². The lowest BCUT2D eigenvalue weighted by Crippen LogP contribution is -2.34. The first-order valence-corrected chi connectivity index (χ1v) is 7.47. The lowest BCUT2D eigenvalue weighted by Gasteiger charge is -2.17. The Kier molecular flexibility index (Phi) is 7.28. The minimum Gasteiger partial charge on any atom is -0.459 e. The number of hydrogen-bond acceptors (Lipinski definition) is 4. The summed E-state index contributed by atoms with van der Waals surface area (Å²) in [6, 6.07) is 7.65. The quantitative estimate of drug-likeness (QED) is 0.748. The van der Waals surface area contributed by atoms with Crippen LogP contribution in [0.5, 0.6) is 0 Å². The number of carbonyl (C=O) groups excluding carboxylic acids is 2. The Bertz CT molecular complexity index is 703. The molecule has 2 amide bonds. The zero-order valence-corrected chi connectivity index (χ0v) is 14.8. The van der Waals surface area contributed by atoms with Crippen molar-refractivity contribution in [2.24, 2.45) is 11.7 Å². The van der Waals surface area contributed by atoms with Crippen LogP contribution >= 0.6 is 24.0 Å². The van der Waals surface area contributed by atoms with Gasteiger partial charge in [0.15, 0.2) is 5.76 Å². The molecule has 2 atom stereocenters. The Hall–Kier alpha value is -2.02. The van der Waals surface area contributed by atoms with Crippen LogP contribution in [0.4, 0.5) is 11.4 Å². The summed E-state index contributed by atoms with van der Waals surface area (Å²) in [5.74, 6) is -0.894. The zero-order chi connectivity index (χ0) is 17.0. The number of anilines is 2. The van der Waals surface area contributed by atoms with Crippen molar-refractivity contribution in [3.8, 4) is 0 Å². The molecule has 6 nitrogen and oxygen atoms in total. The van der Waals surface area contributed by atoms with Crippen molar-refractivity contribution in [1.82, 2.24) is 0 Å². The lowest BCUT2D eigenvalue weighted by atomic mass is 10.0. The molecule has 4 N–H and O–H groups in total. The highest BCUT2D eigenvalue weighted by atomic mass is 35.5. The Morgan fingerprint density at radius 1 is 1.17 bits per heavy atom. The Morgan fingerprint density at radius 2 is 1.88 bits per heavy atom. The molecule has 8 heteroatoms. The van der Waals surface area contributed by atoms with E-state index in [1.54, 1.807) is 38.1 Å². The molecule has 24 heavy (non-hydrogen) atoms. The summed E-state index contributed by atoms with van der Waals surface area (Å²) in [5.41, 5.74) is 6.55. The fraction of sp³-hybridized carbons (Fsp3) is 0.250. The van der Waals surface area contributed by atoms with E-state index >= 15 is 0 Å². The van der Waals surface area contributed by atoms with Crippen molar-refractivity contribution in [3.05, 3.63) is 47.4 Å². The predicted molar refractivity (Wildman–Crippen MR) is 96.8 cm³/mol. The molecule has 1 heterocycles. The average molecular weight is 372 g/mol. The van der Waals surface area contributed by atoms with E-state index in [0.29, 0.717) is 16.4 Å². The number of amides is 2. The molecule has 2 aromatic rings. The largest absolute Gasteiger partial charge is 0.459 e. The van der Waals surface area contributed by atoms with Crippen molar-refractivity contribution in [2.75, 3.05) is 10.6 Å². The Balaban J connectivity index is 0.00000288. The summed E-state index contributed by atoms with van der Waals surface area (Å²) in [6.07, 6.45) is 1.40. The molecule has 130 valence electrons. The number of nitrogens with one attached hydrogen (secondary N) is 2. The normalized spacial score (nSPS) is 12.7. The highest BCUT2D eigenvalue weighted by molar-refractivity contribution is 6.31. The molecule has 2 unspecified atom stereocenters. The van der Waals surface area contributed by atoms with E-state index in [4.69, 9.17) is 21.8 Å². The van der Waals surface area contributed by atoms with Crippen molar-refractivity contribution in [2.45, 2.75) is 19.9 Å². The van der Waals surface area contributed by atoms with Gasteiger partial charge in [0.1, 0.15) is 0 Å². The third-order valence-electron chi connectivity index (χ3n) is 3.43. The maximum Gasteiger partial charge on any atom is 0.291 e. The van der Waals surface area contributed by atoms with Crippen LogP contribution in [0.1, 0.15) is 24.4 Å². The van der Waals surface area contributed by atoms with Crippen molar-refractivity contribution in [3.63, 3.8) is 0 Å². The second kappa shape index (κ2) is 8.73. The van der Waals surface area contributed by atoms with Gasteiger partial charge in [0, 0.05) is 11.1 Å².